The molecule has 1 aromatic carbocycles. The molecule has 3 aromatic rings. The van der Waals surface area contributed by atoms with E-state index < -0.39 is 0 Å². The summed E-state index contributed by atoms with van der Waals surface area (Å²) in [4.78, 5) is 18.5. The maximum absolute atomic E-state index is 13.6. The molecule has 1 amide bonds. The first-order valence-electron chi connectivity index (χ1n) is 9.99. The van der Waals surface area contributed by atoms with E-state index in [1.54, 1.807) is 24.5 Å². The van der Waals surface area contributed by atoms with Crippen LogP contribution in [0.4, 0.5) is 9.39 Å². The van der Waals surface area contributed by atoms with Crippen molar-refractivity contribution in [2.45, 2.75) is 32.4 Å². The third kappa shape index (κ3) is 4.70. The summed E-state index contributed by atoms with van der Waals surface area (Å²) in [7, 11) is 1.65. The minimum atomic E-state index is -0.293. The summed E-state index contributed by atoms with van der Waals surface area (Å²) in [6, 6.07) is 5.03. The van der Waals surface area contributed by atoms with E-state index in [-0.39, 0.29) is 11.7 Å². The molecule has 6 nitrogen and oxygen atoms in total. The standard InChI is InChI=1S/C21H25FN4O2S2/c1-12-9-14-17(11-24-12)30-21(26-18(27)5-6-23-7-8-28-2)19(14)20-25-15-10-13(22)3-4-16(15)29-20/h3-4,10,12,23-24H,5-9,11H2,1-2H3,(H,26,27). The number of thiophene rings is 1. The van der Waals surface area contributed by atoms with E-state index in [2.05, 4.69) is 22.9 Å². The molecular weight excluding hydrogens is 423 g/mol. The van der Waals surface area contributed by atoms with Crippen LogP contribution in [0.5, 0.6) is 0 Å². The zero-order chi connectivity index (χ0) is 21.1. The first-order chi connectivity index (χ1) is 14.5. The van der Waals surface area contributed by atoms with E-state index in [1.807, 2.05) is 0 Å². The van der Waals surface area contributed by atoms with Crippen LogP contribution >= 0.6 is 22.7 Å². The molecule has 9 heteroatoms. The van der Waals surface area contributed by atoms with Gasteiger partial charge in [0, 0.05) is 55.7 Å². The van der Waals surface area contributed by atoms with Crippen molar-refractivity contribution in [3.63, 3.8) is 0 Å². The van der Waals surface area contributed by atoms with E-state index in [4.69, 9.17) is 9.72 Å². The highest BCUT2D eigenvalue weighted by Gasteiger charge is 2.27. The van der Waals surface area contributed by atoms with Crippen LogP contribution in [-0.4, -0.2) is 43.7 Å². The van der Waals surface area contributed by atoms with Crippen molar-refractivity contribution in [2.24, 2.45) is 0 Å². The lowest BCUT2D eigenvalue weighted by molar-refractivity contribution is -0.116. The van der Waals surface area contributed by atoms with E-state index >= 15 is 0 Å². The average molecular weight is 449 g/mol. The summed E-state index contributed by atoms with van der Waals surface area (Å²) >= 11 is 3.14. The van der Waals surface area contributed by atoms with Gasteiger partial charge >= 0.3 is 0 Å². The summed E-state index contributed by atoms with van der Waals surface area (Å²) in [6.45, 7) is 4.86. The molecule has 3 heterocycles. The van der Waals surface area contributed by atoms with E-state index in [0.717, 1.165) is 33.2 Å². The molecular formula is C21H25FN4O2S2. The topological polar surface area (TPSA) is 75.3 Å². The number of hydrogen-bond donors (Lipinski definition) is 3. The third-order valence-electron chi connectivity index (χ3n) is 5.04. The number of methoxy groups -OCH3 is 1. The van der Waals surface area contributed by atoms with Crippen LogP contribution in [0.15, 0.2) is 18.2 Å². The molecule has 1 aliphatic heterocycles. The van der Waals surface area contributed by atoms with Gasteiger partial charge in [0.1, 0.15) is 15.8 Å². The van der Waals surface area contributed by atoms with Gasteiger partial charge in [0.25, 0.3) is 0 Å². The highest BCUT2D eigenvalue weighted by molar-refractivity contribution is 7.22. The Morgan fingerprint density at radius 1 is 1.37 bits per heavy atom. The number of benzene rings is 1. The highest BCUT2D eigenvalue weighted by Crippen LogP contribution is 2.45. The molecule has 0 saturated carbocycles. The number of hydrogen-bond acceptors (Lipinski definition) is 7. The second-order valence-electron chi connectivity index (χ2n) is 7.37. The maximum Gasteiger partial charge on any atom is 0.226 e. The monoisotopic (exact) mass is 448 g/mol. The van der Waals surface area contributed by atoms with Crippen LogP contribution in [0, 0.1) is 5.82 Å². The Kier molecular flexibility index (Phi) is 6.74. The number of anilines is 1. The number of ether oxygens (including phenoxy) is 1. The SMILES string of the molecule is COCCNCCC(=O)Nc1sc2c(c1-c1nc3cc(F)ccc3s1)CC(C)NC2. The Bertz CT molecular complexity index is 1050. The normalized spacial score (nSPS) is 16.0. The molecule has 30 heavy (non-hydrogen) atoms. The lowest BCUT2D eigenvalue weighted by Crippen LogP contribution is -2.32. The van der Waals surface area contributed by atoms with Gasteiger partial charge in [-0.3, -0.25) is 4.79 Å². The number of nitrogens with zero attached hydrogens (tertiary/aromatic N) is 1. The lowest BCUT2D eigenvalue weighted by Gasteiger charge is -2.20. The number of carbonyl (C=O) groups is 1. The van der Waals surface area contributed by atoms with Crippen molar-refractivity contribution in [3.8, 4) is 10.6 Å². The second-order valence-corrected chi connectivity index (χ2v) is 9.50. The van der Waals surface area contributed by atoms with Crippen LogP contribution in [0.25, 0.3) is 20.8 Å². The zero-order valence-electron chi connectivity index (χ0n) is 17.0. The molecule has 0 aliphatic carbocycles. The smallest absolute Gasteiger partial charge is 0.226 e. The number of fused-ring (bicyclic) bond motifs is 2. The summed E-state index contributed by atoms with van der Waals surface area (Å²) in [5, 5.41) is 11.4. The molecule has 2 aromatic heterocycles. The minimum Gasteiger partial charge on any atom is -0.383 e. The highest BCUT2D eigenvalue weighted by atomic mass is 32.1. The molecule has 0 fully saturated rings. The fraction of sp³-hybridized carbons (Fsp3) is 0.429. The first kappa shape index (κ1) is 21.3. The van der Waals surface area contributed by atoms with Gasteiger partial charge in [-0.25, -0.2) is 9.37 Å². The Morgan fingerprint density at radius 3 is 3.07 bits per heavy atom. The average Bonchev–Trinajstić information content (AvgIpc) is 3.27. The number of aromatic nitrogens is 1. The maximum atomic E-state index is 13.6. The van der Waals surface area contributed by atoms with Gasteiger partial charge in [-0.05, 0) is 31.0 Å². The van der Waals surface area contributed by atoms with Gasteiger partial charge < -0.3 is 20.7 Å². The van der Waals surface area contributed by atoms with Crippen molar-refractivity contribution in [2.75, 3.05) is 32.1 Å². The fourth-order valence-electron chi connectivity index (χ4n) is 3.53. The Labute approximate surface area is 182 Å². The van der Waals surface area contributed by atoms with E-state index in [9.17, 15) is 9.18 Å². The van der Waals surface area contributed by atoms with Gasteiger partial charge in [-0.15, -0.1) is 22.7 Å². The van der Waals surface area contributed by atoms with Crippen LogP contribution in [0.2, 0.25) is 0 Å². The summed E-state index contributed by atoms with van der Waals surface area (Å²) < 4.78 is 19.6. The molecule has 1 unspecified atom stereocenters. The van der Waals surface area contributed by atoms with Gasteiger partial charge in [0.05, 0.1) is 16.8 Å². The summed E-state index contributed by atoms with van der Waals surface area (Å²) in [5.74, 6) is -0.327. The van der Waals surface area contributed by atoms with Crippen molar-refractivity contribution >= 4 is 43.8 Å². The van der Waals surface area contributed by atoms with E-state index in [1.165, 1.54) is 33.9 Å². The van der Waals surface area contributed by atoms with Crippen molar-refractivity contribution < 1.29 is 13.9 Å². The molecule has 0 spiro atoms. The Hall–Kier alpha value is -1.91. The van der Waals surface area contributed by atoms with Gasteiger partial charge in [-0.1, -0.05) is 0 Å². The second kappa shape index (κ2) is 9.49. The molecule has 3 N–H and O–H groups in total. The lowest BCUT2D eigenvalue weighted by atomic mass is 9.99. The quantitative estimate of drug-likeness (QED) is 0.458. The van der Waals surface area contributed by atoms with Crippen molar-refractivity contribution in [3.05, 3.63) is 34.5 Å². The molecule has 0 radical (unpaired) electrons. The van der Waals surface area contributed by atoms with Crippen LogP contribution < -0.4 is 16.0 Å². The van der Waals surface area contributed by atoms with Crippen molar-refractivity contribution in [1.82, 2.24) is 15.6 Å². The molecule has 0 saturated heterocycles. The predicted octanol–water partition coefficient (Wildman–Crippen LogP) is 3.76. The summed E-state index contributed by atoms with van der Waals surface area (Å²) in [5.41, 5.74) is 2.88. The zero-order valence-corrected chi connectivity index (χ0v) is 18.6. The predicted molar refractivity (Wildman–Crippen MR) is 121 cm³/mol. The molecule has 1 atom stereocenters. The Balaban J connectivity index is 1.61. The van der Waals surface area contributed by atoms with E-state index in [0.29, 0.717) is 37.7 Å². The number of rotatable bonds is 8. The number of amides is 1. The third-order valence-corrected chi connectivity index (χ3v) is 7.24. The Morgan fingerprint density at radius 2 is 2.23 bits per heavy atom. The number of halogens is 1. The first-order valence-corrected chi connectivity index (χ1v) is 11.6. The number of carbonyl (C=O) groups excluding carboxylic acids is 1. The number of thiazole rings is 1. The molecule has 0 bridgehead atoms. The van der Waals surface area contributed by atoms with Gasteiger partial charge in [-0.2, -0.15) is 0 Å². The van der Waals surface area contributed by atoms with Crippen LogP contribution in [-0.2, 0) is 22.5 Å². The molecule has 160 valence electrons. The van der Waals surface area contributed by atoms with Gasteiger partial charge in [0.2, 0.25) is 5.91 Å². The largest absolute Gasteiger partial charge is 0.383 e. The molecule has 1 aliphatic rings. The van der Waals surface area contributed by atoms with Crippen LogP contribution in [0.1, 0.15) is 23.8 Å². The minimum absolute atomic E-state index is 0.0343. The molecule has 4 rings (SSSR count). The van der Waals surface area contributed by atoms with Crippen molar-refractivity contribution in [1.29, 1.82) is 0 Å². The van der Waals surface area contributed by atoms with Gasteiger partial charge in [0.15, 0.2) is 0 Å². The number of nitrogens with one attached hydrogen (secondary N) is 3. The summed E-state index contributed by atoms with van der Waals surface area (Å²) in [6.07, 6.45) is 1.26. The van der Waals surface area contributed by atoms with Crippen LogP contribution in [0.3, 0.4) is 0 Å². The fourth-order valence-corrected chi connectivity index (χ4v) is 5.82.